The minimum absolute atomic E-state index is 0.549. The molecule has 1 aromatic heterocycles. The number of aryl methyl sites for hydroxylation is 1. The Kier molecular flexibility index (Phi) is 7.45. The number of hydrogen-bond donors (Lipinski definition) is 2. The van der Waals surface area contributed by atoms with Gasteiger partial charge in [-0.2, -0.15) is 9.97 Å². The van der Waals surface area contributed by atoms with E-state index < -0.39 is 0 Å². The van der Waals surface area contributed by atoms with Crippen LogP contribution in [0.25, 0.3) is 0 Å². The molecule has 2 aliphatic heterocycles. The molecule has 0 unspecified atom stereocenters. The summed E-state index contributed by atoms with van der Waals surface area (Å²) in [6.07, 6.45) is 5.01. The molecule has 0 spiro atoms. The highest BCUT2D eigenvalue weighted by molar-refractivity contribution is 7.80. The van der Waals surface area contributed by atoms with Gasteiger partial charge < -0.3 is 20.4 Å². The molecule has 0 bridgehead atoms. The summed E-state index contributed by atoms with van der Waals surface area (Å²) in [4.78, 5) is 14.5. The third-order valence-corrected chi connectivity index (χ3v) is 6.62. The highest BCUT2D eigenvalue weighted by Gasteiger charge is 2.25. The standard InChI is InChI=1S/C25H36N6S/c1-18-7-9-21(10-8-18)15-26-25(32)29-24-27-22(30-11-5-4-6-12-30)14-23(28-24)31-16-19(2)13-20(3)17-31/h7-10,14,19-20H,4-6,11-13,15-17H2,1-3H3,(H2,26,27,28,29,32)/t19-,20-/m1/s1. The fourth-order valence-electron chi connectivity index (χ4n) is 4.81. The lowest BCUT2D eigenvalue weighted by Gasteiger charge is -2.36. The molecular weight excluding hydrogens is 416 g/mol. The fourth-order valence-corrected chi connectivity index (χ4v) is 4.97. The van der Waals surface area contributed by atoms with Crippen molar-refractivity contribution in [2.45, 2.75) is 53.0 Å². The summed E-state index contributed by atoms with van der Waals surface area (Å²) in [6, 6.07) is 10.6. The van der Waals surface area contributed by atoms with Gasteiger partial charge in [-0.05, 0) is 62.2 Å². The van der Waals surface area contributed by atoms with Gasteiger partial charge in [-0.15, -0.1) is 0 Å². The van der Waals surface area contributed by atoms with Gasteiger partial charge in [0.05, 0.1) is 0 Å². The van der Waals surface area contributed by atoms with Crippen LogP contribution in [0.5, 0.6) is 0 Å². The normalized spacial score (nSPS) is 21.3. The van der Waals surface area contributed by atoms with Crippen LogP contribution in [0.3, 0.4) is 0 Å². The predicted octanol–water partition coefficient (Wildman–Crippen LogP) is 4.74. The molecule has 2 fully saturated rings. The second kappa shape index (κ2) is 10.5. The Morgan fingerprint density at radius 1 is 0.969 bits per heavy atom. The van der Waals surface area contributed by atoms with E-state index in [1.54, 1.807) is 0 Å². The summed E-state index contributed by atoms with van der Waals surface area (Å²) >= 11 is 5.57. The number of hydrogen-bond acceptors (Lipinski definition) is 5. The van der Waals surface area contributed by atoms with Crippen molar-refractivity contribution < 1.29 is 0 Å². The first-order valence-electron chi connectivity index (χ1n) is 12.0. The van der Waals surface area contributed by atoms with Crippen molar-refractivity contribution >= 4 is 34.9 Å². The van der Waals surface area contributed by atoms with Crippen LogP contribution in [-0.2, 0) is 6.54 Å². The lowest BCUT2D eigenvalue weighted by Crippen LogP contribution is -2.40. The van der Waals surface area contributed by atoms with E-state index in [-0.39, 0.29) is 0 Å². The maximum Gasteiger partial charge on any atom is 0.232 e. The molecule has 2 aromatic rings. The van der Waals surface area contributed by atoms with Gasteiger partial charge in [0.25, 0.3) is 0 Å². The average molecular weight is 453 g/mol. The summed E-state index contributed by atoms with van der Waals surface area (Å²) in [7, 11) is 0. The van der Waals surface area contributed by atoms with E-state index >= 15 is 0 Å². The van der Waals surface area contributed by atoms with Gasteiger partial charge in [0, 0.05) is 38.8 Å². The lowest BCUT2D eigenvalue weighted by atomic mass is 9.92. The van der Waals surface area contributed by atoms with Crippen molar-refractivity contribution in [2.75, 3.05) is 41.3 Å². The average Bonchev–Trinajstić information content (AvgIpc) is 2.78. The first-order valence-corrected chi connectivity index (χ1v) is 12.4. The summed E-state index contributed by atoms with van der Waals surface area (Å²) in [6.45, 7) is 11.6. The third kappa shape index (κ3) is 6.09. The molecule has 0 radical (unpaired) electrons. The number of rotatable bonds is 5. The number of nitrogens with one attached hydrogen (secondary N) is 2. The zero-order valence-electron chi connectivity index (χ0n) is 19.6. The second-order valence-corrected chi connectivity index (χ2v) is 10.0. The van der Waals surface area contributed by atoms with Gasteiger partial charge in [0.2, 0.25) is 5.95 Å². The summed E-state index contributed by atoms with van der Waals surface area (Å²) in [5.74, 6) is 3.92. The molecule has 0 saturated carbocycles. The Morgan fingerprint density at radius 3 is 2.25 bits per heavy atom. The van der Waals surface area contributed by atoms with Gasteiger partial charge in [0.1, 0.15) is 11.6 Å². The number of aromatic nitrogens is 2. The zero-order chi connectivity index (χ0) is 22.5. The van der Waals surface area contributed by atoms with Crippen LogP contribution < -0.4 is 20.4 Å². The number of thiocarbonyl (C=S) groups is 1. The minimum Gasteiger partial charge on any atom is -0.358 e. The molecule has 0 amide bonds. The van der Waals surface area contributed by atoms with Gasteiger partial charge in [0.15, 0.2) is 5.11 Å². The zero-order valence-corrected chi connectivity index (χ0v) is 20.4. The molecular formula is C25H36N6S. The van der Waals surface area contributed by atoms with Crippen LogP contribution in [0.4, 0.5) is 17.6 Å². The van der Waals surface area contributed by atoms with Gasteiger partial charge in [-0.3, -0.25) is 0 Å². The summed E-state index contributed by atoms with van der Waals surface area (Å²) in [5, 5.41) is 7.09. The Hall–Kier alpha value is -2.41. The van der Waals surface area contributed by atoms with Crippen LogP contribution in [0.1, 0.15) is 50.7 Å². The second-order valence-electron chi connectivity index (χ2n) is 9.60. The summed E-state index contributed by atoms with van der Waals surface area (Å²) in [5.41, 5.74) is 2.45. The number of benzene rings is 1. The Bertz CT molecular complexity index is 899. The molecule has 7 heteroatoms. The van der Waals surface area contributed by atoms with Crippen molar-refractivity contribution in [3.63, 3.8) is 0 Å². The van der Waals surface area contributed by atoms with E-state index in [1.165, 1.54) is 36.8 Å². The van der Waals surface area contributed by atoms with Crippen LogP contribution in [-0.4, -0.2) is 41.3 Å². The van der Waals surface area contributed by atoms with E-state index in [0.29, 0.717) is 29.4 Å². The summed E-state index contributed by atoms with van der Waals surface area (Å²) < 4.78 is 0. The molecule has 3 heterocycles. The highest BCUT2D eigenvalue weighted by atomic mass is 32.1. The smallest absolute Gasteiger partial charge is 0.232 e. The number of anilines is 3. The van der Waals surface area contributed by atoms with Crippen molar-refractivity contribution in [2.24, 2.45) is 11.8 Å². The van der Waals surface area contributed by atoms with Crippen LogP contribution in [0, 0.1) is 18.8 Å². The van der Waals surface area contributed by atoms with E-state index in [2.05, 4.69) is 71.5 Å². The molecule has 1 aromatic carbocycles. The first kappa shape index (κ1) is 22.8. The maximum absolute atomic E-state index is 5.57. The largest absolute Gasteiger partial charge is 0.358 e. The van der Waals surface area contributed by atoms with Crippen LogP contribution in [0.2, 0.25) is 0 Å². The molecule has 2 atom stereocenters. The molecule has 0 aliphatic carbocycles. The Labute approximate surface area is 197 Å². The molecule has 2 N–H and O–H groups in total. The quantitative estimate of drug-likeness (QED) is 0.635. The minimum atomic E-state index is 0.549. The van der Waals surface area contributed by atoms with Crippen molar-refractivity contribution in [3.05, 3.63) is 41.5 Å². The first-order chi connectivity index (χ1) is 15.5. The highest BCUT2D eigenvalue weighted by Crippen LogP contribution is 2.29. The molecule has 2 aliphatic rings. The van der Waals surface area contributed by atoms with Gasteiger partial charge >= 0.3 is 0 Å². The molecule has 32 heavy (non-hydrogen) atoms. The SMILES string of the molecule is Cc1ccc(CNC(=S)Nc2nc(N3CCCCC3)cc(N3C[C@H](C)C[C@@H](C)C3)n2)cc1. The van der Waals surface area contributed by atoms with Crippen molar-refractivity contribution in [1.82, 2.24) is 15.3 Å². The van der Waals surface area contributed by atoms with E-state index in [0.717, 1.165) is 37.8 Å². The lowest BCUT2D eigenvalue weighted by molar-refractivity contribution is 0.355. The Morgan fingerprint density at radius 2 is 1.59 bits per heavy atom. The molecule has 172 valence electrons. The number of nitrogens with zero attached hydrogens (tertiary/aromatic N) is 4. The third-order valence-electron chi connectivity index (χ3n) is 6.37. The Balaban J connectivity index is 1.50. The number of piperidine rings is 2. The van der Waals surface area contributed by atoms with E-state index in [1.807, 2.05) is 0 Å². The van der Waals surface area contributed by atoms with E-state index in [4.69, 9.17) is 22.2 Å². The fraction of sp³-hybridized carbons (Fsp3) is 0.560. The van der Waals surface area contributed by atoms with Gasteiger partial charge in [-0.1, -0.05) is 43.7 Å². The van der Waals surface area contributed by atoms with Crippen LogP contribution >= 0.6 is 12.2 Å². The monoisotopic (exact) mass is 452 g/mol. The maximum atomic E-state index is 5.57. The van der Waals surface area contributed by atoms with E-state index in [9.17, 15) is 0 Å². The molecule has 6 nitrogen and oxygen atoms in total. The van der Waals surface area contributed by atoms with Crippen molar-refractivity contribution in [3.8, 4) is 0 Å². The van der Waals surface area contributed by atoms with Crippen molar-refractivity contribution in [1.29, 1.82) is 0 Å². The van der Waals surface area contributed by atoms with Crippen LogP contribution in [0.15, 0.2) is 30.3 Å². The molecule has 4 rings (SSSR count). The van der Waals surface area contributed by atoms with Gasteiger partial charge in [-0.25, -0.2) is 0 Å². The predicted molar refractivity (Wildman–Crippen MR) is 137 cm³/mol. The molecule has 2 saturated heterocycles. The topological polar surface area (TPSA) is 56.3 Å².